The lowest BCUT2D eigenvalue weighted by Crippen LogP contribution is -2.16. The van der Waals surface area contributed by atoms with E-state index in [0.29, 0.717) is 5.41 Å². The first-order valence-corrected chi connectivity index (χ1v) is 19.2. The van der Waals surface area contributed by atoms with Crippen LogP contribution in [0, 0.1) is 20.8 Å². The quantitative estimate of drug-likeness (QED) is 0.151. The highest BCUT2D eigenvalue weighted by Gasteiger charge is 2.30. The fourth-order valence-electron chi connectivity index (χ4n) is 8.16. The minimum absolute atomic E-state index is 0.331. The predicted octanol–water partition coefficient (Wildman–Crippen LogP) is 13.4. The normalized spacial score (nSPS) is 13.7. The van der Waals surface area contributed by atoms with E-state index in [1.54, 1.807) is 0 Å². The van der Waals surface area contributed by atoms with Crippen LogP contribution in [0.2, 0.25) is 0 Å². The van der Waals surface area contributed by atoms with Gasteiger partial charge in [-0.2, -0.15) is 0 Å². The van der Waals surface area contributed by atoms with Crippen molar-refractivity contribution < 1.29 is 0 Å². The number of nitrogens with zero attached hydrogens (tertiary/aromatic N) is 2. The monoisotopic (exact) mass is 688 g/mol. The highest BCUT2D eigenvalue weighted by Crippen LogP contribution is 2.41. The van der Waals surface area contributed by atoms with E-state index in [9.17, 15) is 0 Å². The van der Waals surface area contributed by atoms with E-state index in [-0.39, 0.29) is 0 Å². The maximum atomic E-state index is 4.77. The molecule has 262 valence electrons. The van der Waals surface area contributed by atoms with Crippen molar-refractivity contribution in [3.05, 3.63) is 179 Å². The smallest absolute Gasteiger partial charge is 0.0708 e. The van der Waals surface area contributed by atoms with Crippen LogP contribution in [0.4, 0.5) is 0 Å². The molecule has 0 amide bonds. The molecule has 0 N–H and O–H groups in total. The second kappa shape index (κ2) is 14.8. The highest BCUT2D eigenvalue weighted by molar-refractivity contribution is 5.85. The molecule has 53 heavy (non-hydrogen) atoms. The lowest BCUT2D eigenvalue weighted by molar-refractivity contribution is 0.491. The van der Waals surface area contributed by atoms with Gasteiger partial charge in [0.1, 0.15) is 0 Å². The number of hydrogen-bond acceptors (Lipinski definition) is 2. The summed E-state index contributed by atoms with van der Waals surface area (Å²) in [6, 6.07) is 49.4. The summed E-state index contributed by atoms with van der Waals surface area (Å²) in [7, 11) is 0. The summed E-state index contributed by atoms with van der Waals surface area (Å²) in [6.07, 6.45) is 11.2. The molecule has 8 rings (SSSR count). The molecule has 1 saturated carbocycles. The van der Waals surface area contributed by atoms with Gasteiger partial charge in [-0.3, -0.25) is 9.97 Å². The van der Waals surface area contributed by atoms with Crippen molar-refractivity contribution in [3.8, 4) is 55.9 Å². The Balaban J connectivity index is 0.987. The van der Waals surface area contributed by atoms with Crippen LogP contribution in [0.3, 0.4) is 0 Å². The summed E-state index contributed by atoms with van der Waals surface area (Å²) in [6.45, 7) is 8.89. The molecular formula is C51H48N2. The molecule has 1 aliphatic carbocycles. The van der Waals surface area contributed by atoms with E-state index in [1.165, 1.54) is 98.0 Å². The topological polar surface area (TPSA) is 25.8 Å². The second-order valence-electron chi connectivity index (χ2n) is 15.5. The van der Waals surface area contributed by atoms with Gasteiger partial charge in [0.05, 0.1) is 11.4 Å². The molecule has 0 aliphatic heterocycles. The molecule has 0 bridgehead atoms. The van der Waals surface area contributed by atoms with Gasteiger partial charge in [0.25, 0.3) is 0 Å². The van der Waals surface area contributed by atoms with E-state index < -0.39 is 0 Å². The molecule has 0 radical (unpaired) electrons. The average Bonchev–Trinajstić information content (AvgIpc) is 3.66. The van der Waals surface area contributed by atoms with Crippen LogP contribution in [0.15, 0.2) is 146 Å². The number of rotatable bonds is 9. The van der Waals surface area contributed by atoms with Crippen LogP contribution >= 0.6 is 0 Å². The average molecular weight is 689 g/mol. The second-order valence-corrected chi connectivity index (χ2v) is 15.5. The SMILES string of the molecule is Cc1cc(CCc2ccc(-c3cc(C)c(C)cn3)cc2)cc(-c2ccccc2-c2ccc(-c3cc(-c4ccc(C5(C)CCCC5)cc4)ccn3)cc2)c1. The predicted molar refractivity (Wildman–Crippen MR) is 223 cm³/mol. The number of hydrogen-bond donors (Lipinski definition) is 0. The van der Waals surface area contributed by atoms with Crippen LogP contribution in [0.25, 0.3) is 55.9 Å². The van der Waals surface area contributed by atoms with E-state index >= 15 is 0 Å². The molecule has 0 saturated heterocycles. The van der Waals surface area contributed by atoms with Crippen LogP contribution in [0.5, 0.6) is 0 Å². The Bertz CT molecular complexity index is 2360. The third-order valence-electron chi connectivity index (χ3n) is 11.6. The van der Waals surface area contributed by atoms with Crippen molar-refractivity contribution in [1.82, 2.24) is 9.97 Å². The summed E-state index contributed by atoms with van der Waals surface area (Å²) in [5.74, 6) is 0. The molecule has 7 aromatic rings. The van der Waals surface area contributed by atoms with Crippen molar-refractivity contribution in [2.45, 2.75) is 71.6 Å². The van der Waals surface area contributed by atoms with Crippen LogP contribution in [-0.2, 0) is 18.3 Å². The number of aryl methyl sites for hydroxylation is 5. The van der Waals surface area contributed by atoms with Crippen molar-refractivity contribution >= 4 is 0 Å². The molecule has 2 nitrogen and oxygen atoms in total. The van der Waals surface area contributed by atoms with E-state index in [4.69, 9.17) is 4.98 Å². The van der Waals surface area contributed by atoms with Crippen molar-refractivity contribution in [3.63, 3.8) is 0 Å². The van der Waals surface area contributed by atoms with Gasteiger partial charge in [-0.25, -0.2) is 0 Å². The fraction of sp³-hybridized carbons (Fsp3) is 0.216. The molecule has 2 heterocycles. The summed E-state index contributed by atoms with van der Waals surface area (Å²) in [5, 5.41) is 0. The molecule has 0 atom stereocenters. The van der Waals surface area contributed by atoms with Crippen molar-refractivity contribution in [2.75, 3.05) is 0 Å². The van der Waals surface area contributed by atoms with E-state index in [0.717, 1.165) is 29.8 Å². The maximum Gasteiger partial charge on any atom is 0.0708 e. The maximum absolute atomic E-state index is 4.77. The Morgan fingerprint density at radius 2 is 1.09 bits per heavy atom. The molecule has 5 aromatic carbocycles. The van der Waals surface area contributed by atoms with Gasteiger partial charge in [-0.15, -0.1) is 0 Å². The zero-order valence-corrected chi connectivity index (χ0v) is 31.5. The lowest BCUT2D eigenvalue weighted by atomic mass is 9.80. The van der Waals surface area contributed by atoms with Crippen molar-refractivity contribution in [2.24, 2.45) is 0 Å². The van der Waals surface area contributed by atoms with Gasteiger partial charge in [-0.05, 0) is 131 Å². The Labute approximate surface area is 315 Å². The van der Waals surface area contributed by atoms with Gasteiger partial charge in [-0.1, -0.05) is 141 Å². The number of benzene rings is 5. The molecule has 2 heteroatoms. The fourth-order valence-corrected chi connectivity index (χ4v) is 8.16. The first kappa shape index (κ1) is 34.5. The van der Waals surface area contributed by atoms with Gasteiger partial charge in [0, 0.05) is 23.5 Å². The minimum atomic E-state index is 0.331. The Morgan fingerprint density at radius 3 is 1.79 bits per heavy atom. The Hall–Kier alpha value is -5.60. The third-order valence-corrected chi connectivity index (χ3v) is 11.6. The van der Waals surface area contributed by atoms with E-state index in [1.807, 2.05) is 12.4 Å². The summed E-state index contributed by atoms with van der Waals surface area (Å²) in [4.78, 5) is 9.43. The number of pyridine rings is 2. The first-order valence-electron chi connectivity index (χ1n) is 19.2. The van der Waals surface area contributed by atoms with Gasteiger partial charge in [0.15, 0.2) is 0 Å². The minimum Gasteiger partial charge on any atom is -0.256 e. The highest BCUT2D eigenvalue weighted by atomic mass is 14.7. The van der Waals surface area contributed by atoms with Crippen LogP contribution < -0.4 is 0 Å². The number of aromatic nitrogens is 2. The molecule has 0 unspecified atom stereocenters. The Morgan fingerprint density at radius 1 is 0.491 bits per heavy atom. The molecular weight excluding hydrogens is 641 g/mol. The summed E-state index contributed by atoms with van der Waals surface area (Å²) >= 11 is 0. The van der Waals surface area contributed by atoms with Crippen molar-refractivity contribution in [1.29, 1.82) is 0 Å². The largest absolute Gasteiger partial charge is 0.256 e. The van der Waals surface area contributed by atoms with E-state index in [2.05, 4.69) is 166 Å². The Kier molecular flexibility index (Phi) is 9.63. The van der Waals surface area contributed by atoms with Gasteiger partial charge >= 0.3 is 0 Å². The summed E-state index contributed by atoms with van der Waals surface area (Å²) < 4.78 is 0. The standard InChI is InChI=1S/C51H48N2/c1-35-29-39(12-11-38-13-15-42(16-14-38)49-31-36(2)37(3)34-53-49)32-45(30-35)48-10-6-5-9-47(48)41-17-19-43(20-18-41)50-33-44(25-28-52-50)40-21-23-46(24-22-40)51(4)26-7-8-27-51/h5-6,9-10,13-25,28-34H,7-8,11-12,26-27H2,1-4H3. The molecule has 0 spiro atoms. The zero-order valence-electron chi connectivity index (χ0n) is 31.5. The summed E-state index contributed by atoms with van der Waals surface area (Å²) in [5.41, 5.74) is 20.0. The molecule has 2 aromatic heterocycles. The first-order chi connectivity index (χ1) is 25.8. The molecule has 1 fully saturated rings. The van der Waals surface area contributed by atoms with Gasteiger partial charge < -0.3 is 0 Å². The third kappa shape index (κ3) is 7.50. The van der Waals surface area contributed by atoms with Crippen LogP contribution in [0.1, 0.15) is 66.0 Å². The molecule has 1 aliphatic rings. The van der Waals surface area contributed by atoms with Gasteiger partial charge in [0.2, 0.25) is 0 Å². The zero-order chi connectivity index (χ0) is 36.4. The van der Waals surface area contributed by atoms with Crippen LogP contribution in [-0.4, -0.2) is 9.97 Å². The lowest BCUT2D eigenvalue weighted by Gasteiger charge is -2.24.